The number of rotatable bonds is 7. The molecule has 0 radical (unpaired) electrons. The minimum atomic E-state index is -0.239. The van der Waals surface area contributed by atoms with Crippen LogP contribution >= 0.6 is 12.2 Å². The summed E-state index contributed by atoms with van der Waals surface area (Å²) in [4.78, 5) is 14.0. The van der Waals surface area contributed by atoms with Crippen LogP contribution in [0.5, 0.6) is 0 Å². The number of thiocarbonyl (C=S) groups is 1. The summed E-state index contributed by atoms with van der Waals surface area (Å²) in [5.74, 6) is -0.239. The summed E-state index contributed by atoms with van der Waals surface area (Å²) in [7, 11) is 0. The molecule has 0 spiro atoms. The first-order chi connectivity index (χ1) is 9.49. The van der Waals surface area contributed by atoms with E-state index < -0.39 is 0 Å². The fraction of sp³-hybridized carbons (Fsp3) is 0.467. The zero-order valence-corrected chi connectivity index (χ0v) is 13.1. The van der Waals surface area contributed by atoms with Gasteiger partial charge in [-0.3, -0.25) is 4.79 Å². The molecule has 0 aliphatic carbocycles. The van der Waals surface area contributed by atoms with Crippen molar-refractivity contribution < 1.29 is 9.53 Å². The van der Waals surface area contributed by atoms with Gasteiger partial charge in [0.2, 0.25) is 0 Å². The van der Waals surface area contributed by atoms with Crippen LogP contribution < -0.4 is 10.6 Å². The molecule has 4 nitrogen and oxygen atoms in total. The van der Waals surface area contributed by atoms with E-state index in [1.54, 1.807) is 6.92 Å². The lowest BCUT2D eigenvalue weighted by Crippen LogP contribution is -2.33. The van der Waals surface area contributed by atoms with Gasteiger partial charge in [0, 0.05) is 17.8 Å². The first-order valence-electron chi connectivity index (χ1n) is 6.80. The van der Waals surface area contributed by atoms with Crippen molar-refractivity contribution in [2.24, 2.45) is 5.73 Å². The van der Waals surface area contributed by atoms with Gasteiger partial charge >= 0.3 is 5.97 Å². The molecule has 1 aromatic rings. The second-order valence-corrected chi connectivity index (χ2v) is 5.05. The number of ether oxygens (including phenoxy) is 1. The molecule has 2 N–H and O–H groups in total. The molecule has 0 aliphatic rings. The largest absolute Gasteiger partial charge is 0.465 e. The van der Waals surface area contributed by atoms with Crippen molar-refractivity contribution in [2.45, 2.75) is 27.2 Å². The highest BCUT2D eigenvalue weighted by atomic mass is 32.1. The monoisotopic (exact) mass is 294 g/mol. The fourth-order valence-corrected chi connectivity index (χ4v) is 2.20. The summed E-state index contributed by atoms with van der Waals surface area (Å²) in [6.07, 6.45) is 0.921. The van der Waals surface area contributed by atoms with Crippen molar-refractivity contribution in [1.29, 1.82) is 0 Å². The third-order valence-electron chi connectivity index (χ3n) is 2.88. The summed E-state index contributed by atoms with van der Waals surface area (Å²) < 4.78 is 5.03. The molecule has 0 aromatic heterocycles. The van der Waals surface area contributed by atoms with Crippen molar-refractivity contribution in [1.82, 2.24) is 0 Å². The highest BCUT2D eigenvalue weighted by Crippen LogP contribution is 2.22. The average Bonchev–Trinajstić information content (AvgIpc) is 2.38. The van der Waals surface area contributed by atoms with Gasteiger partial charge in [0.25, 0.3) is 0 Å². The predicted molar refractivity (Wildman–Crippen MR) is 86.2 cm³/mol. The van der Waals surface area contributed by atoms with Gasteiger partial charge in [-0.1, -0.05) is 25.2 Å². The molecule has 1 rings (SSSR count). The van der Waals surface area contributed by atoms with Crippen molar-refractivity contribution in [3.05, 3.63) is 29.3 Å². The summed E-state index contributed by atoms with van der Waals surface area (Å²) in [5.41, 5.74) is 8.57. The van der Waals surface area contributed by atoms with E-state index >= 15 is 0 Å². The van der Waals surface area contributed by atoms with E-state index in [2.05, 4.69) is 6.92 Å². The van der Waals surface area contributed by atoms with Gasteiger partial charge in [-0.25, -0.2) is 0 Å². The Morgan fingerprint density at radius 2 is 2.10 bits per heavy atom. The number of nitrogens with zero attached hydrogens (tertiary/aromatic N) is 1. The maximum atomic E-state index is 11.7. The lowest BCUT2D eigenvalue weighted by molar-refractivity contribution is -0.141. The van der Waals surface area contributed by atoms with E-state index in [4.69, 9.17) is 22.7 Å². The standard InChI is InChI=1S/C15H22N2O2S/c1-4-8-17(10-14(18)19-5-2)13-9-11(3)6-7-12(13)15(16)20/h6-7,9H,4-5,8,10H2,1-3H3,(H2,16,20). The molecule has 0 bridgehead atoms. The van der Waals surface area contributed by atoms with Crippen molar-refractivity contribution in [2.75, 3.05) is 24.6 Å². The Balaban J connectivity index is 3.09. The van der Waals surface area contributed by atoms with Gasteiger partial charge in [0.15, 0.2) is 0 Å². The number of aryl methyl sites for hydroxylation is 1. The summed E-state index contributed by atoms with van der Waals surface area (Å²) in [6, 6.07) is 5.87. The number of hydrogen-bond donors (Lipinski definition) is 1. The van der Waals surface area contributed by atoms with Gasteiger partial charge in [-0.05, 0) is 38.0 Å². The lowest BCUT2D eigenvalue weighted by atomic mass is 10.1. The van der Waals surface area contributed by atoms with Gasteiger partial charge < -0.3 is 15.4 Å². The van der Waals surface area contributed by atoms with E-state index in [1.807, 2.05) is 30.0 Å². The van der Waals surface area contributed by atoms with Crippen LogP contribution in [0.2, 0.25) is 0 Å². The molecule has 110 valence electrons. The second-order valence-electron chi connectivity index (χ2n) is 4.61. The van der Waals surface area contributed by atoms with E-state index in [9.17, 15) is 4.79 Å². The van der Waals surface area contributed by atoms with Crippen LogP contribution in [0.25, 0.3) is 0 Å². The van der Waals surface area contributed by atoms with Gasteiger partial charge in [-0.2, -0.15) is 0 Å². The average molecular weight is 294 g/mol. The summed E-state index contributed by atoms with van der Waals surface area (Å²) >= 11 is 5.10. The van der Waals surface area contributed by atoms with Crippen LogP contribution in [-0.4, -0.2) is 30.7 Å². The Labute approximate surface area is 125 Å². The van der Waals surface area contributed by atoms with E-state index in [0.29, 0.717) is 11.6 Å². The minimum Gasteiger partial charge on any atom is -0.465 e. The Morgan fingerprint density at radius 3 is 2.65 bits per heavy atom. The number of carbonyl (C=O) groups excluding carboxylic acids is 1. The normalized spacial score (nSPS) is 10.2. The first kappa shape index (κ1) is 16.4. The Morgan fingerprint density at radius 1 is 1.40 bits per heavy atom. The third-order valence-corrected chi connectivity index (χ3v) is 3.10. The number of carbonyl (C=O) groups is 1. The smallest absolute Gasteiger partial charge is 0.325 e. The third kappa shape index (κ3) is 4.49. The zero-order chi connectivity index (χ0) is 15.1. The molecule has 0 saturated heterocycles. The molecule has 0 amide bonds. The molecule has 0 atom stereocenters. The molecule has 0 saturated carbocycles. The fourth-order valence-electron chi connectivity index (χ4n) is 2.03. The van der Waals surface area contributed by atoms with E-state index in [0.717, 1.165) is 29.8 Å². The first-order valence-corrected chi connectivity index (χ1v) is 7.21. The number of esters is 1. The van der Waals surface area contributed by atoms with Gasteiger partial charge in [0.05, 0.1) is 6.61 Å². The van der Waals surface area contributed by atoms with E-state index in [1.165, 1.54) is 0 Å². The molecule has 0 heterocycles. The topological polar surface area (TPSA) is 55.6 Å². The Hall–Kier alpha value is -1.62. The SMILES string of the molecule is CCCN(CC(=O)OCC)c1cc(C)ccc1C(N)=S. The molecule has 20 heavy (non-hydrogen) atoms. The lowest BCUT2D eigenvalue weighted by Gasteiger charge is -2.26. The molecular formula is C15H22N2O2S. The molecule has 0 aliphatic heterocycles. The molecule has 5 heteroatoms. The Kier molecular flexibility index (Phi) is 6.45. The molecular weight excluding hydrogens is 272 g/mol. The molecule has 1 aromatic carbocycles. The quantitative estimate of drug-likeness (QED) is 0.618. The zero-order valence-electron chi connectivity index (χ0n) is 12.3. The summed E-state index contributed by atoms with van der Waals surface area (Å²) in [6.45, 7) is 7.21. The van der Waals surface area contributed by atoms with Crippen molar-refractivity contribution in [3.63, 3.8) is 0 Å². The highest BCUT2D eigenvalue weighted by Gasteiger charge is 2.16. The van der Waals surface area contributed by atoms with Crippen LogP contribution in [0.4, 0.5) is 5.69 Å². The van der Waals surface area contributed by atoms with Crippen molar-refractivity contribution in [3.8, 4) is 0 Å². The number of hydrogen-bond acceptors (Lipinski definition) is 4. The highest BCUT2D eigenvalue weighted by molar-refractivity contribution is 7.80. The van der Waals surface area contributed by atoms with Crippen LogP contribution in [-0.2, 0) is 9.53 Å². The van der Waals surface area contributed by atoms with Crippen LogP contribution in [0, 0.1) is 6.92 Å². The van der Waals surface area contributed by atoms with Crippen LogP contribution in [0.3, 0.4) is 0 Å². The van der Waals surface area contributed by atoms with Crippen molar-refractivity contribution >= 4 is 28.9 Å². The number of anilines is 1. The number of nitrogens with two attached hydrogens (primary N) is 1. The van der Waals surface area contributed by atoms with Crippen LogP contribution in [0.1, 0.15) is 31.4 Å². The second kappa shape index (κ2) is 7.85. The predicted octanol–water partition coefficient (Wildman–Crippen LogP) is 2.41. The summed E-state index contributed by atoms with van der Waals surface area (Å²) in [5, 5.41) is 0. The van der Waals surface area contributed by atoms with Crippen LogP contribution in [0.15, 0.2) is 18.2 Å². The maximum absolute atomic E-state index is 11.7. The number of benzene rings is 1. The van der Waals surface area contributed by atoms with Gasteiger partial charge in [0.1, 0.15) is 11.5 Å². The maximum Gasteiger partial charge on any atom is 0.325 e. The molecule has 0 fully saturated rings. The molecule has 0 unspecified atom stereocenters. The minimum absolute atomic E-state index is 0.209. The van der Waals surface area contributed by atoms with E-state index in [-0.39, 0.29) is 12.5 Å². The van der Waals surface area contributed by atoms with Gasteiger partial charge in [-0.15, -0.1) is 0 Å². The Bertz CT molecular complexity index is 489.